The van der Waals surface area contributed by atoms with Gasteiger partial charge in [0.15, 0.2) is 0 Å². The molecule has 3 heteroatoms. The summed E-state index contributed by atoms with van der Waals surface area (Å²) in [5.74, 6) is 1.16. The van der Waals surface area contributed by atoms with Crippen LogP contribution >= 0.6 is 11.8 Å². The summed E-state index contributed by atoms with van der Waals surface area (Å²) in [6, 6.07) is 2.86. The SMILES string of the molecule is CSCC(C)NCC1(CC#N)CC1. The highest BCUT2D eigenvalue weighted by Gasteiger charge is 2.41. The second-order valence-electron chi connectivity index (χ2n) is 4.07. The zero-order chi connectivity index (χ0) is 9.73. The molecule has 1 aliphatic carbocycles. The predicted molar refractivity (Wildman–Crippen MR) is 57.7 cm³/mol. The fourth-order valence-electron chi connectivity index (χ4n) is 1.46. The maximum absolute atomic E-state index is 8.63. The van der Waals surface area contributed by atoms with Crippen molar-refractivity contribution in [2.24, 2.45) is 5.41 Å². The van der Waals surface area contributed by atoms with Crippen molar-refractivity contribution in [3.05, 3.63) is 0 Å². The average Bonchev–Trinajstić information content (AvgIpc) is 2.84. The zero-order valence-electron chi connectivity index (χ0n) is 8.47. The smallest absolute Gasteiger partial charge is 0.0628 e. The van der Waals surface area contributed by atoms with Crippen LogP contribution in [0, 0.1) is 16.7 Å². The molecule has 0 heterocycles. The molecule has 1 unspecified atom stereocenters. The van der Waals surface area contributed by atoms with Gasteiger partial charge in [0.1, 0.15) is 0 Å². The lowest BCUT2D eigenvalue weighted by molar-refractivity contribution is 0.441. The zero-order valence-corrected chi connectivity index (χ0v) is 9.28. The lowest BCUT2D eigenvalue weighted by Gasteiger charge is -2.17. The van der Waals surface area contributed by atoms with Crippen molar-refractivity contribution in [1.29, 1.82) is 5.26 Å². The molecule has 0 saturated heterocycles. The first-order valence-corrected chi connectivity index (χ1v) is 6.21. The number of nitrogens with one attached hydrogen (secondary N) is 1. The number of rotatable bonds is 6. The van der Waals surface area contributed by atoms with E-state index in [1.807, 2.05) is 11.8 Å². The van der Waals surface area contributed by atoms with Gasteiger partial charge in [-0.1, -0.05) is 0 Å². The Bertz CT molecular complexity index is 194. The summed E-state index contributed by atoms with van der Waals surface area (Å²) in [5.41, 5.74) is 0.349. The molecule has 0 bridgehead atoms. The van der Waals surface area contributed by atoms with Gasteiger partial charge >= 0.3 is 0 Å². The third-order valence-corrected chi connectivity index (χ3v) is 3.49. The fourth-order valence-corrected chi connectivity index (χ4v) is 2.08. The van der Waals surface area contributed by atoms with Crippen molar-refractivity contribution in [1.82, 2.24) is 5.32 Å². The van der Waals surface area contributed by atoms with Gasteiger partial charge in [0, 0.05) is 24.8 Å². The van der Waals surface area contributed by atoms with Gasteiger partial charge < -0.3 is 5.32 Å². The van der Waals surface area contributed by atoms with Crippen molar-refractivity contribution in [2.75, 3.05) is 18.6 Å². The minimum Gasteiger partial charge on any atom is -0.313 e. The molecule has 13 heavy (non-hydrogen) atoms. The maximum Gasteiger partial charge on any atom is 0.0628 e. The molecule has 0 radical (unpaired) electrons. The van der Waals surface area contributed by atoms with Crippen LogP contribution in [-0.2, 0) is 0 Å². The molecule has 1 aliphatic rings. The summed E-state index contributed by atoms with van der Waals surface area (Å²) in [6.07, 6.45) is 5.32. The van der Waals surface area contributed by atoms with Crippen LogP contribution in [0.15, 0.2) is 0 Å². The monoisotopic (exact) mass is 198 g/mol. The van der Waals surface area contributed by atoms with Gasteiger partial charge in [0.05, 0.1) is 6.07 Å². The normalized spacial score (nSPS) is 20.7. The van der Waals surface area contributed by atoms with Crippen LogP contribution in [0.2, 0.25) is 0 Å². The van der Waals surface area contributed by atoms with Crippen LogP contribution in [0.3, 0.4) is 0 Å². The van der Waals surface area contributed by atoms with Crippen molar-refractivity contribution in [3.63, 3.8) is 0 Å². The van der Waals surface area contributed by atoms with E-state index in [0.717, 1.165) is 18.7 Å². The van der Waals surface area contributed by atoms with Crippen LogP contribution in [-0.4, -0.2) is 24.6 Å². The highest BCUT2D eigenvalue weighted by atomic mass is 32.2. The lowest BCUT2D eigenvalue weighted by atomic mass is 10.0. The second-order valence-corrected chi connectivity index (χ2v) is 4.98. The number of hydrogen-bond acceptors (Lipinski definition) is 3. The Kier molecular flexibility index (Phi) is 4.08. The number of nitriles is 1. The Morgan fingerprint density at radius 3 is 2.77 bits per heavy atom. The van der Waals surface area contributed by atoms with Crippen LogP contribution in [0.5, 0.6) is 0 Å². The van der Waals surface area contributed by atoms with Crippen LogP contribution in [0.4, 0.5) is 0 Å². The largest absolute Gasteiger partial charge is 0.313 e. The Hall–Kier alpha value is -0.200. The molecule has 1 rings (SSSR count). The first-order chi connectivity index (χ1) is 6.22. The van der Waals surface area contributed by atoms with Crippen molar-refractivity contribution in [2.45, 2.75) is 32.2 Å². The van der Waals surface area contributed by atoms with E-state index in [0.29, 0.717) is 11.5 Å². The van der Waals surface area contributed by atoms with Crippen molar-refractivity contribution >= 4 is 11.8 Å². The number of nitrogens with zero attached hydrogens (tertiary/aromatic N) is 1. The number of hydrogen-bond donors (Lipinski definition) is 1. The van der Waals surface area contributed by atoms with Gasteiger partial charge in [-0.05, 0) is 31.4 Å². The minimum atomic E-state index is 0.349. The van der Waals surface area contributed by atoms with E-state index in [1.54, 1.807) is 0 Å². The molecule has 1 atom stereocenters. The fraction of sp³-hybridized carbons (Fsp3) is 0.900. The van der Waals surface area contributed by atoms with E-state index in [9.17, 15) is 0 Å². The Balaban J connectivity index is 2.15. The molecule has 74 valence electrons. The Labute approximate surface area is 85.1 Å². The van der Waals surface area contributed by atoms with Crippen molar-refractivity contribution < 1.29 is 0 Å². The highest BCUT2D eigenvalue weighted by molar-refractivity contribution is 7.98. The summed E-state index contributed by atoms with van der Waals surface area (Å²) >= 11 is 1.87. The first kappa shape index (κ1) is 10.9. The average molecular weight is 198 g/mol. The quantitative estimate of drug-likeness (QED) is 0.709. The van der Waals surface area contributed by atoms with E-state index in [1.165, 1.54) is 12.8 Å². The highest BCUT2D eigenvalue weighted by Crippen LogP contribution is 2.47. The molecule has 1 N–H and O–H groups in total. The van der Waals surface area contributed by atoms with E-state index in [-0.39, 0.29) is 0 Å². The van der Waals surface area contributed by atoms with Gasteiger partial charge in [-0.15, -0.1) is 0 Å². The molecule has 1 fully saturated rings. The van der Waals surface area contributed by atoms with Crippen LogP contribution in [0.1, 0.15) is 26.2 Å². The molecular formula is C10H18N2S. The van der Waals surface area contributed by atoms with Crippen molar-refractivity contribution in [3.8, 4) is 6.07 Å². The lowest BCUT2D eigenvalue weighted by Crippen LogP contribution is -2.33. The Morgan fingerprint density at radius 1 is 1.62 bits per heavy atom. The summed E-state index contributed by atoms with van der Waals surface area (Å²) in [4.78, 5) is 0. The third kappa shape index (κ3) is 3.58. The second kappa shape index (κ2) is 4.88. The summed E-state index contributed by atoms with van der Waals surface area (Å²) in [6.45, 7) is 3.24. The molecule has 1 saturated carbocycles. The van der Waals surface area contributed by atoms with E-state index in [4.69, 9.17) is 5.26 Å². The third-order valence-electron chi connectivity index (χ3n) is 2.65. The molecule has 2 nitrogen and oxygen atoms in total. The van der Waals surface area contributed by atoms with Crippen LogP contribution in [0.25, 0.3) is 0 Å². The van der Waals surface area contributed by atoms with Gasteiger partial charge in [0.25, 0.3) is 0 Å². The predicted octanol–water partition coefficient (Wildman–Crippen LogP) is 2.02. The van der Waals surface area contributed by atoms with E-state index < -0.39 is 0 Å². The van der Waals surface area contributed by atoms with Crippen LogP contribution < -0.4 is 5.32 Å². The molecule has 0 aromatic heterocycles. The van der Waals surface area contributed by atoms with Gasteiger partial charge in [-0.3, -0.25) is 0 Å². The van der Waals surface area contributed by atoms with Gasteiger partial charge in [-0.25, -0.2) is 0 Å². The number of thioether (sulfide) groups is 1. The topological polar surface area (TPSA) is 35.8 Å². The Morgan fingerprint density at radius 2 is 2.31 bits per heavy atom. The molecule has 0 aromatic rings. The molecule has 0 aliphatic heterocycles. The van der Waals surface area contributed by atoms with Gasteiger partial charge in [0.2, 0.25) is 0 Å². The summed E-state index contributed by atoms with van der Waals surface area (Å²) in [7, 11) is 0. The first-order valence-electron chi connectivity index (χ1n) is 4.82. The van der Waals surface area contributed by atoms with Gasteiger partial charge in [-0.2, -0.15) is 17.0 Å². The van der Waals surface area contributed by atoms with E-state index >= 15 is 0 Å². The molecular weight excluding hydrogens is 180 g/mol. The molecule has 0 spiro atoms. The van der Waals surface area contributed by atoms with E-state index in [2.05, 4.69) is 24.6 Å². The standard InChI is InChI=1S/C10H18N2S/c1-9(7-13-2)12-8-10(3-4-10)5-6-11/h9,12H,3-5,7-8H2,1-2H3. The molecule has 0 aromatic carbocycles. The maximum atomic E-state index is 8.63. The minimum absolute atomic E-state index is 0.349. The summed E-state index contributed by atoms with van der Waals surface area (Å²) in [5, 5.41) is 12.1. The molecule has 0 amide bonds. The summed E-state index contributed by atoms with van der Waals surface area (Å²) < 4.78 is 0.